The molecule has 2 aromatic heterocycles. The zero-order valence-corrected chi connectivity index (χ0v) is 11.3. The van der Waals surface area contributed by atoms with E-state index in [-0.39, 0.29) is 0 Å². The SMILES string of the molecule is CCc1cc(-c2n[nH]c(=S)n2C(C)C)cs1. The van der Waals surface area contributed by atoms with Crippen LogP contribution in [0, 0.1) is 4.77 Å². The van der Waals surface area contributed by atoms with Crippen LogP contribution < -0.4 is 0 Å². The number of H-pyrrole nitrogens is 1. The van der Waals surface area contributed by atoms with Gasteiger partial charge in [-0.05, 0) is 38.6 Å². The standard InChI is InChI=1S/C11H15N3S2/c1-4-9-5-8(6-16-9)10-12-13-11(15)14(10)7(2)3/h5-7H,4H2,1-3H3,(H,13,15). The number of thiophene rings is 1. The van der Waals surface area contributed by atoms with Gasteiger partial charge in [-0.15, -0.1) is 11.3 Å². The minimum atomic E-state index is 0.325. The average Bonchev–Trinajstić information content (AvgIpc) is 2.82. The topological polar surface area (TPSA) is 33.6 Å². The first kappa shape index (κ1) is 11.5. The highest BCUT2D eigenvalue weighted by Crippen LogP contribution is 2.26. The summed E-state index contributed by atoms with van der Waals surface area (Å²) in [4.78, 5) is 1.37. The quantitative estimate of drug-likeness (QED) is 0.844. The van der Waals surface area contributed by atoms with Crippen molar-refractivity contribution in [1.29, 1.82) is 0 Å². The van der Waals surface area contributed by atoms with E-state index in [2.05, 4.69) is 47.0 Å². The number of nitrogens with one attached hydrogen (secondary N) is 1. The summed E-state index contributed by atoms with van der Waals surface area (Å²) in [6, 6.07) is 2.51. The van der Waals surface area contributed by atoms with Gasteiger partial charge in [0.15, 0.2) is 10.6 Å². The molecule has 0 atom stereocenters. The van der Waals surface area contributed by atoms with E-state index >= 15 is 0 Å². The lowest BCUT2D eigenvalue weighted by Gasteiger charge is -2.08. The van der Waals surface area contributed by atoms with E-state index in [1.165, 1.54) is 4.88 Å². The molecule has 0 aromatic carbocycles. The van der Waals surface area contributed by atoms with E-state index in [0.29, 0.717) is 10.8 Å². The Bertz CT molecular complexity index is 533. The van der Waals surface area contributed by atoms with Crippen LogP contribution >= 0.6 is 23.6 Å². The van der Waals surface area contributed by atoms with Crippen molar-refractivity contribution in [3.8, 4) is 11.4 Å². The third-order valence-electron chi connectivity index (χ3n) is 2.48. The normalized spacial score (nSPS) is 11.2. The molecule has 0 amide bonds. The molecule has 0 radical (unpaired) electrons. The minimum absolute atomic E-state index is 0.325. The van der Waals surface area contributed by atoms with Crippen LogP contribution in [0.1, 0.15) is 31.7 Å². The fourth-order valence-corrected chi connectivity index (χ4v) is 2.83. The Hall–Kier alpha value is -0.940. The van der Waals surface area contributed by atoms with E-state index in [4.69, 9.17) is 12.2 Å². The smallest absolute Gasteiger partial charge is 0.195 e. The molecule has 0 spiro atoms. The Morgan fingerprint density at radius 1 is 1.56 bits per heavy atom. The zero-order chi connectivity index (χ0) is 11.7. The second-order valence-electron chi connectivity index (χ2n) is 3.97. The van der Waals surface area contributed by atoms with Gasteiger partial charge in [0.25, 0.3) is 0 Å². The fraction of sp³-hybridized carbons (Fsp3) is 0.455. The van der Waals surface area contributed by atoms with Crippen LogP contribution in [-0.4, -0.2) is 14.8 Å². The number of aromatic amines is 1. The Morgan fingerprint density at radius 2 is 2.31 bits per heavy atom. The number of aryl methyl sites for hydroxylation is 1. The first-order valence-corrected chi connectivity index (χ1v) is 6.67. The van der Waals surface area contributed by atoms with E-state index < -0.39 is 0 Å². The summed E-state index contributed by atoms with van der Waals surface area (Å²) < 4.78 is 2.74. The first-order valence-electron chi connectivity index (χ1n) is 5.38. The molecule has 5 heteroatoms. The van der Waals surface area contributed by atoms with E-state index in [1.807, 2.05) is 0 Å². The van der Waals surface area contributed by atoms with Crippen molar-refractivity contribution in [3.05, 3.63) is 21.1 Å². The number of nitrogens with zero attached hydrogens (tertiary/aromatic N) is 2. The molecular formula is C11H15N3S2. The molecule has 0 saturated carbocycles. The number of hydrogen-bond acceptors (Lipinski definition) is 3. The van der Waals surface area contributed by atoms with Crippen molar-refractivity contribution in [3.63, 3.8) is 0 Å². The van der Waals surface area contributed by atoms with Crippen molar-refractivity contribution in [2.24, 2.45) is 0 Å². The number of aromatic nitrogens is 3. The third kappa shape index (κ3) is 1.97. The Balaban J connectivity index is 2.51. The molecule has 0 aliphatic carbocycles. The Kier molecular flexibility index (Phi) is 3.25. The summed E-state index contributed by atoms with van der Waals surface area (Å²) in [6.07, 6.45) is 1.07. The van der Waals surface area contributed by atoms with Crippen LogP contribution in [0.2, 0.25) is 0 Å². The van der Waals surface area contributed by atoms with Crippen LogP contribution in [0.4, 0.5) is 0 Å². The first-order chi connectivity index (χ1) is 7.63. The second-order valence-corrected chi connectivity index (χ2v) is 5.35. The maximum Gasteiger partial charge on any atom is 0.195 e. The summed E-state index contributed by atoms with van der Waals surface area (Å²) in [5.41, 5.74) is 1.16. The molecule has 0 bridgehead atoms. The largest absolute Gasteiger partial charge is 0.298 e. The molecular weight excluding hydrogens is 238 g/mol. The summed E-state index contributed by atoms with van der Waals surface area (Å²) in [6.45, 7) is 6.39. The van der Waals surface area contributed by atoms with E-state index in [1.54, 1.807) is 11.3 Å². The highest BCUT2D eigenvalue weighted by atomic mass is 32.1. The highest BCUT2D eigenvalue weighted by molar-refractivity contribution is 7.71. The van der Waals surface area contributed by atoms with Gasteiger partial charge in [-0.1, -0.05) is 6.92 Å². The number of rotatable bonds is 3. The predicted octanol–water partition coefficient (Wildman–Crippen LogP) is 3.81. The van der Waals surface area contributed by atoms with Gasteiger partial charge in [-0.3, -0.25) is 9.67 Å². The monoisotopic (exact) mass is 253 g/mol. The van der Waals surface area contributed by atoms with E-state index in [0.717, 1.165) is 17.8 Å². The molecule has 3 nitrogen and oxygen atoms in total. The molecule has 2 rings (SSSR count). The van der Waals surface area contributed by atoms with Crippen molar-refractivity contribution in [1.82, 2.24) is 14.8 Å². The lowest BCUT2D eigenvalue weighted by Crippen LogP contribution is -2.02. The maximum atomic E-state index is 5.23. The maximum absolute atomic E-state index is 5.23. The average molecular weight is 253 g/mol. The molecule has 0 saturated heterocycles. The highest BCUT2D eigenvalue weighted by Gasteiger charge is 2.12. The van der Waals surface area contributed by atoms with Crippen LogP contribution in [-0.2, 0) is 6.42 Å². The summed E-state index contributed by atoms with van der Waals surface area (Å²) in [5.74, 6) is 0.941. The third-order valence-corrected chi connectivity index (χ3v) is 3.85. The molecule has 2 heterocycles. The minimum Gasteiger partial charge on any atom is -0.298 e. The molecule has 86 valence electrons. The molecule has 0 aliphatic rings. The number of hydrogen-bond donors (Lipinski definition) is 1. The van der Waals surface area contributed by atoms with Gasteiger partial charge < -0.3 is 0 Å². The van der Waals surface area contributed by atoms with Crippen molar-refractivity contribution in [2.75, 3.05) is 0 Å². The predicted molar refractivity (Wildman–Crippen MR) is 70.5 cm³/mol. The zero-order valence-electron chi connectivity index (χ0n) is 9.65. The molecule has 16 heavy (non-hydrogen) atoms. The van der Waals surface area contributed by atoms with E-state index in [9.17, 15) is 0 Å². The van der Waals surface area contributed by atoms with Gasteiger partial charge in [0.2, 0.25) is 0 Å². The lowest BCUT2D eigenvalue weighted by atomic mass is 10.2. The Labute approximate surface area is 104 Å². The van der Waals surface area contributed by atoms with Gasteiger partial charge in [0.05, 0.1) is 0 Å². The van der Waals surface area contributed by atoms with Gasteiger partial charge in [0, 0.05) is 21.9 Å². The second kappa shape index (κ2) is 4.51. The molecule has 2 aromatic rings. The van der Waals surface area contributed by atoms with Crippen molar-refractivity contribution in [2.45, 2.75) is 33.2 Å². The Morgan fingerprint density at radius 3 is 2.88 bits per heavy atom. The van der Waals surface area contributed by atoms with Crippen LogP contribution in [0.25, 0.3) is 11.4 Å². The molecule has 0 unspecified atom stereocenters. The van der Waals surface area contributed by atoms with Crippen LogP contribution in [0.5, 0.6) is 0 Å². The van der Waals surface area contributed by atoms with Gasteiger partial charge >= 0.3 is 0 Å². The molecule has 0 fully saturated rings. The van der Waals surface area contributed by atoms with Crippen molar-refractivity contribution >= 4 is 23.6 Å². The van der Waals surface area contributed by atoms with Crippen molar-refractivity contribution < 1.29 is 0 Å². The summed E-state index contributed by atoms with van der Waals surface area (Å²) in [5, 5.41) is 9.31. The van der Waals surface area contributed by atoms with Gasteiger partial charge in [-0.25, -0.2) is 0 Å². The van der Waals surface area contributed by atoms with Crippen LogP contribution in [0.3, 0.4) is 0 Å². The molecule has 1 N–H and O–H groups in total. The van der Waals surface area contributed by atoms with Gasteiger partial charge in [-0.2, -0.15) is 5.10 Å². The van der Waals surface area contributed by atoms with Gasteiger partial charge in [0.1, 0.15) is 0 Å². The fourth-order valence-electron chi connectivity index (χ4n) is 1.67. The molecule has 0 aliphatic heterocycles. The lowest BCUT2D eigenvalue weighted by molar-refractivity contribution is 0.597. The summed E-state index contributed by atoms with van der Waals surface area (Å²) in [7, 11) is 0. The van der Waals surface area contributed by atoms with Crippen LogP contribution in [0.15, 0.2) is 11.4 Å². The summed E-state index contributed by atoms with van der Waals surface area (Å²) >= 11 is 7.01.